The van der Waals surface area contributed by atoms with E-state index in [-0.39, 0.29) is 54.6 Å². The lowest BCUT2D eigenvalue weighted by atomic mass is 9.97. The Labute approximate surface area is 306 Å². The van der Waals surface area contributed by atoms with Crippen LogP contribution in [-0.2, 0) is 27.8 Å². The van der Waals surface area contributed by atoms with E-state index in [1.807, 2.05) is 76.2 Å². The number of nitrogens with one attached hydrogen (secondary N) is 1. The van der Waals surface area contributed by atoms with Gasteiger partial charge >= 0.3 is 6.03 Å². The molecule has 0 bridgehead atoms. The van der Waals surface area contributed by atoms with Crippen molar-refractivity contribution in [1.82, 2.24) is 24.4 Å². The zero-order valence-electron chi connectivity index (χ0n) is 30.3. The Bertz CT molecular complexity index is 1940. The van der Waals surface area contributed by atoms with Crippen molar-refractivity contribution in [3.63, 3.8) is 0 Å². The van der Waals surface area contributed by atoms with Gasteiger partial charge in [-0.05, 0) is 60.2 Å². The summed E-state index contributed by atoms with van der Waals surface area (Å²) in [6.45, 7) is 8.30. The lowest BCUT2D eigenvalue weighted by Crippen LogP contribution is -2.57. The number of para-hydroxylation sites is 1. The predicted octanol–water partition coefficient (Wildman–Crippen LogP) is 4.65. The van der Waals surface area contributed by atoms with Crippen molar-refractivity contribution in [3.8, 4) is 11.5 Å². The fourth-order valence-electron chi connectivity index (χ4n) is 6.60. The fraction of sp³-hybridized carbons (Fsp3) is 0.410. The van der Waals surface area contributed by atoms with Gasteiger partial charge in [-0.15, -0.1) is 0 Å². The molecule has 2 heterocycles. The lowest BCUT2D eigenvalue weighted by Gasteiger charge is -2.34. The Balaban J connectivity index is 1.36. The molecule has 13 heteroatoms. The number of sulfonamides is 1. The Hall–Kier alpha value is -4.72. The smallest absolute Gasteiger partial charge is 0.321 e. The standard InChI is InChI=1S/C39H49N5O7S/c1-26(2)23-43(52(49,50)32-18-16-31(51-5)17-19-32)25-35(46)33(22-28-10-7-6-8-11-28)41-38(47)37(27(3)4)44-21-20-42(39(44)48)24-30-15-14-29-12-9-13-34(45)36(29)40-30/h6-19,26-27,33,35,37,45-46H,20-25H2,1-5H3,(H,41,47)/t33-,35+,37-/m0/s1. The molecule has 4 aromatic rings. The van der Waals surface area contributed by atoms with Gasteiger partial charge in [-0.2, -0.15) is 4.31 Å². The van der Waals surface area contributed by atoms with Crippen LogP contribution in [0, 0.1) is 11.8 Å². The number of hydrogen-bond donors (Lipinski definition) is 3. The minimum absolute atomic E-state index is 0.0488. The molecule has 3 aromatic carbocycles. The number of phenolic OH excluding ortho intramolecular Hbond substituents is 1. The molecule has 1 aromatic heterocycles. The summed E-state index contributed by atoms with van der Waals surface area (Å²) >= 11 is 0. The first kappa shape index (κ1) is 38.5. The van der Waals surface area contributed by atoms with Crippen LogP contribution in [-0.4, -0.2) is 101 Å². The summed E-state index contributed by atoms with van der Waals surface area (Å²) in [6, 6.07) is 22.2. The van der Waals surface area contributed by atoms with Crippen LogP contribution < -0.4 is 10.1 Å². The Kier molecular flexibility index (Phi) is 12.4. The van der Waals surface area contributed by atoms with Gasteiger partial charge in [0.2, 0.25) is 15.9 Å². The summed E-state index contributed by atoms with van der Waals surface area (Å²) in [5, 5.41) is 25.9. The molecule has 0 aliphatic carbocycles. The summed E-state index contributed by atoms with van der Waals surface area (Å²) in [5.41, 5.74) is 1.91. The van der Waals surface area contributed by atoms with Gasteiger partial charge in [0.25, 0.3) is 0 Å². The van der Waals surface area contributed by atoms with E-state index >= 15 is 0 Å². The number of amides is 3. The zero-order chi connectivity index (χ0) is 37.6. The first-order valence-electron chi connectivity index (χ1n) is 17.6. The SMILES string of the molecule is COc1ccc(S(=O)(=O)N(CC(C)C)C[C@@H](O)[C@H](Cc2ccccc2)NC(=O)[C@H](C(C)C)N2CCN(Cc3ccc4cccc(O)c4n3)C2=O)cc1. The van der Waals surface area contributed by atoms with Gasteiger partial charge in [-0.3, -0.25) is 4.79 Å². The van der Waals surface area contributed by atoms with Crippen LogP contribution in [0.5, 0.6) is 11.5 Å². The third kappa shape index (κ3) is 9.01. The van der Waals surface area contributed by atoms with E-state index in [2.05, 4.69) is 10.3 Å². The van der Waals surface area contributed by atoms with Crippen LogP contribution in [0.1, 0.15) is 39.0 Å². The third-order valence-corrected chi connectivity index (χ3v) is 11.1. The van der Waals surface area contributed by atoms with Crippen molar-refractivity contribution in [2.75, 3.05) is 33.3 Å². The highest BCUT2D eigenvalue weighted by Crippen LogP contribution is 2.26. The molecule has 1 aliphatic heterocycles. The van der Waals surface area contributed by atoms with Gasteiger partial charge in [0, 0.05) is 31.6 Å². The summed E-state index contributed by atoms with van der Waals surface area (Å²) in [4.78, 5) is 35.8. The monoisotopic (exact) mass is 731 g/mol. The van der Waals surface area contributed by atoms with E-state index in [4.69, 9.17) is 4.74 Å². The number of pyridine rings is 1. The van der Waals surface area contributed by atoms with E-state index in [1.54, 1.807) is 34.1 Å². The Morgan fingerprint density at radius 1 is 0.942 bits per heavy atom. The second-order valence-corrected chi connectivity index (χ2v) is 15.9. The van der Waals surface area contributed by atoms with Crippen LogP contribution in [0.4, 0.5) is 4.79 Å². The molecule has 5 rings (SSSR count). The number of phenols is 1. The number of methoxy groups -OCH3 is 1. The van der Waals surface area contributed by atoms with E-state index in [9.17, 15) is 28.2 Å². The topological polar surface area (TPSA) is 153 Å². The van der Waals surface area contributed by atoms with Crippen molar-refractivity contribution in [3.05, 3.63) is 96.2 Å². The second kappa shape index (κ2) is 16.7. The van der Waals surface area contributed by atoms with Crippen LogP contribution >= 0.6 is 0 Å². The van der Waals surface area contributed by atoms with E-state index in [1.165, 1.54) is 23.5 Å². The number of hydrogen-bond acceptors (Lipinski definition) is 8. The number of nitrogens with zero attached hydrogens (tertiary/aromatic N) is 4. The van der Waals surface area contributed by atoms with Crippen LogP contribution in [0.15, 0.2) is 89.8 Å². The normalized spacial score (nSPS) is 15.4. The number of aliphatic hydroxyl groups excluding tert-OH is 1. The summed E-state index contributed by atoms with van der Waals surface area (Å²) in [7, 11) is -2.52. The number of urea groups is 1. The molecule has 3 N–H and O–H groups in total. The van der Waals surface area contributed by atoms with E-state index in [0.29, 0.717) is 30.0 Å². The average Bonchev–Trinajstić information content (AvgIpc) is 3.46. The highest BCUT2D eigenvalue weighted by molar-refractivity contribution is 7.89. The number of benzene rings is 3. The molecule has 1 fully saturated rings. The minimum Gasteiger partial charge on any atom is -0.506 e. The molecule has 0 radical (unpaired) electrons. The number of aromatic nitrogens is 1. The van der Waals surface area contributed by atoms with Crippen molar-refractivity contribution >= 4 is 32.9 Å². The number of rotatable bonds is 16. The molecule has 0 saturated carbocycles. The van der Waals surface area contributed by atoms with Crippen molar-refractivity contribution in [2.24, 2.45) is 11.8 Å². The number of carbonyl (C=O) groups excluding carboxylic acids is 2. The summed E-state index contributed by atoms with van der Waals surface area (Å²) < 4.78 is 34.2. The van der Waals surface area contributed by atoms with Crippen molar-refractivity contribution in [1.29, 1.82) is 0 Å². The van der Waals surface area contributed by atoms with Crippen LogP contribution in [0.3, 0.4) is 0 Å². The number of aromatic hydroxyl groups is 1. The van der Waals surface area contributed by atoms with E-state index < -0.39 is 34.1 Å². The molecule has 12 nitrogen and oxygen atoms in total. The molecule has 1 saturated heterocycles. The molecule has 1 aliphatic rings. The molecule has 0 unspecified atom stereocenters. The third-order valence-electron chi connectivity index (χ3n) is 9.22. The fourth-order valence-corrected chi connectivity index (χ4v) is 8.22. The molecular weight excluding hydrogens is 683 g/mol. The second-order valence-electron chi connectivity index (χ2n) is 14.0. The number of fused-ring (bicyclic) bond motifs is 1. The van der Waals surface area contributed by atoms with Gasteiger partial charge in [0.15, 0.2) is 0 Å². The largest absolute Gasteiger partial charge is 0.506 e. The van der Waals surface area contributed by atoms with Crippen molar-refractivity contribution in [2.45, 2.75) is 63.7 Å². The van der Waals surface area contributed by atoms with Crippen LogP contribution in [0.25, 0.3) is 10.9 Å². The highest BCUT2D eigenvalue weighted by atomic mass is 32.2. The molecular formula is C39H49N5O7S. The molecule has 3 amide bonds. The highest BCUT2D eigenvalue weighted by Gasteiger charge is 2.40. The van der Waals surface area contributed by atoms with Gasteiger partial charge in [0.1, 0.15) is 23.1 Å². The van der Waals surface area contributed by atoms with Gasteiger partial charge in [-0.25, -0.2) is 18.2 Å². The maximum absolute atomic E-state index is 14.2. The molecule has 278 valence electrons. The summed E-state index contributed by atoms with van der Waals surface area (Å²) in [5.74, 6) is -0.185. The zero-order valence-corrected chi connectivity index (χ0v) is 31.2. The van der Waals surface area contributed by atoms with Gasteiger partial charge in [-0.1, -0.05) is 76.2 Å². The van der Waals surface area contributed by atoms with Gasteiger partial charge in [0.05, 0.1) is 36.4 Å². The Morgan fingerprint density at radius 2 is 1.65 bits per heavy atom. The Morgan fingerprint density at radius 3 is 2.31 bits per heavy atom. The summed E-state index contributed by atoms with van der Waals surface area (Å²) in [6.07, 6.45) is -1.05. The predicted molar refractivity (Wildman–Crippen MR) is 199 cm³/mol. The number of carbonyl (C=O) groups is 2. The number of aliphatic hydroxyl groups is 1. The van der Waals surface area contributed by atoms with E-state index in [0.717, 1.165) is 10.9 Å². The molecule has 52 heavy (non-hydrogen) atoms. The molecule has 0 spiro atoms. The first-order valence-corrected chi connectivity index (χ1v) is 19.0. The van der Waals surface area contributed by atoms with Crippen molar-refractivity contribution < 1.29 is 33.0 Å². The molecule has 3 atom stereocenters. The number of ether oxygens (including phenoxy) is 1. The van der Waals surface area contributed by atoms with Gasteiger partial charge < -0.3 is 30.1 Å². The maximum atomic E-state index is 14.2. The first-order chi connectivity index (χ1) is 24.8. The maximum Gasteiger partial charge on any atom is 0.321 e. The van der Waals surface area contributed by atoms with Crippen LogP contribution in [0.2, 0.25) is 0 Å². The average molecular weight is 732 g/mol. The minimum atomic E-state index is -4.02. The lowest BCUT2D eigenvalue weighted by molar-refractivity contribution is -0.128. The quantitative estimate of drug-likeness (QED) is 0.151.